The van der Waals surface area contributed by atoms with Crippen molar-refractivity contribution in [3.63, 3.8) is 0 Å². The van der Waals surface area contributed by atoms with Gasteiger partial charge in [-0.1, -0.05) is 49.6 Å². The fourth-order valence-electron chi connectivity index (χ4n) is 9.98. The summed E-state index contributed by atoms with van der Waals surface area (Å²) < 4.78 is 0. The molecular weight excluding hydrogens is 504 g/mol. The summed E-state index contributed by atoms with van der Waals surface area (Å²) in [7, 11) is 0. The number of benzene rings is 1. The molecule has 1 unspecified atom stereocenters. The van der Waals surface area contributed by atoms with E-state index in [1.165, 1.54) is 79.8 Å². The molecule has 216 valence electrons. The number of allylic oxidation sites excluding steroid dienone is 3. The summed E-state index contributed by atoms with van der Waals surface area (Å²) in [6.07, 6.45) is 23.4. The molecule has 0 saturated carbocycles. The van der Waals surface area contributed by atoms with Gasteiger partial charge in [-0.05, 0) is 107 Å². The molecule has 3 bridgehead atoms. The third kappa shape index (κ3) is 4.25. The lowest BCUT2D eigenvalue weighted by Crippen LogP contribution is -2.65. The molecule has 41 heavy (non-hydrogen) atoms. The average Bonchev–Trinajstić information content (AvgIpc) is 3.49. The van der Waals surface area contributed by atoms with Crippen LogP contribution in [-0.4, -0.2) is 68.7 Å². The van der Waals surface area contributed by atoms with Crippen LogP contribution in [0.5, 0.6) is 0 Å². The Morgan fingerprint density at radius 3 is 2.73 bits per heavy atom. The smallest absolute Gasteiger partial charge is 0.0997 e. The van der Waals surface area contributed by atoms with Gasteiger partial charge in [-0.3, -0.25) is 9.88 Å². The van der Waals surface area contributed by atoms with Crippen molar-refractivity contribution in [3.05, 3.63) is 60.5 Å². The molecule has 0 radical (unpaired) electrons. The highest BCUT2D eigenvalue weighted by Gasteiger charge is 2.65. The van der Waals surface area contributed by atoms with E-state index in [9.17, 15) is 5.11 Å². The van der Waals surface area contributed by atoms with Crippen molar-refractivity contribution in [1.82, 2.24) is 19.8 Å². The van der Waals surface area contributed by atoms with E-state index in [0.29, 0.717) is 12.0 Å². The number of aromatic amines is 1. The van der Waals surface area contributed by atoms with Crippen molar-refractivity contribution in [2.75, 3.05) is 26.2 Å². The average molecular weight is 551 g/mol. The van der Waals surface area contributed by atoms with Crippen molar-refractivity contribution in [2.24, 2.45) is 11.3 Å². The van der Waals surface area contributed by atoms with Crippen LogP contribution in [0.1, 0.15) is 82.7 Å². The molecule has 0 amide bonds. The Kier molecular flexibility index (Phi) is 6.61. The number of rotatable bonds is 1. The first kappa shape index (κ1) is 26.2. The second-order valence-corrected chi connectivity index (χ2v) is 13.9. The van der Waals surface area contributed by atoms with Gasteiger partial charge in [0.2, 0.25) is 0 Å². The number of piperidine rings is 1. The van der Waals surface area contributed by atoms with Crippen molar-refractivity contribution >= 4 is 27.4 Å². The van der Waals surface area contributed by atoms with E-state index in [-0.39, 0.29) is 11.5 Å². The number of hydrogen-bond acceptors (Lipinski definition) is 4. The van der Waals surface area contributed by atoms with Gasteiger partial charge in [0.05, 0.1) is 16.8 Å². The van der Waals surface area contributed by atoms with Gasteiger partial charge in [0.25, 0.3) is 0 Å². The summed E-state index contributed by atoms with van der Waals surface area (Å²) in [6, 6.07) is 11.6. The SMILES string of the molecule is O[C@]12C=C(c3nccc4c3[nH]c3ccccc34)[C@@H]3CCN(CCCC/C=C\CC1)C[C@@]31C[C@@H]3CCCCCCN3[C@H]12. The number of aromatic nitrogens is 2. The Morgan fingerprint density at radius 2 is 1.76 bits per heavy atom. The van der Waals surface area contributed by atoms with Gasteiger partial charge in [0.15, 0.2) is 0 Å². The summed E-state index contributed by atoms with van der Waals surface area (Å²) in [4.78, 5) is 14.5. The van der Waals surface area contributed by atoms with Crippen LogP contribution < -0.4 is 0 Å². The Labute approximate surface area is 244 Å². The maximum atomic E-state index is 13.1. The molecule has 3 aromatic rings. The summed E-state index contributed by atoms with van der Waals surface area (Å²) in [6.45, 7) is 4.59. The zero-order chi connectivity index (χ0) is 27.4. The molecule has 2 aromatic heterocycles. The minimum absolute atomic E-state index is 0.0553. The molecule has 6 heterocycles. The van der Waals surface area contributed by atoms with Gasteiger partial charge in [-0.2, -0.15) is 0 Å². The highest BCUT2D eigenvalue weighted by molar-refractivity contribution is 6.09. The van der Waals surface area contributed by atoms with Gasteiger partial charge in [-0.25, -0.2) is 0 Å². The molecule has 3 saturated heterocycles. The number of pyridine rings is 1. The van der Waals surface area contributed by atoms with Crippen molar-refractivity contribution < 1.29 is 5.11 Å². The quantitative estimate of drug-likeness (QED) is 0.318. The first-order valence-corrected chi connectivity index (χ1v) is 16.6. The lowest BCUT2D eigenvalue weighted by Gasteiger charge is -2.58. The summed E-state index contributed by atoms with van der Waals surface area (Å²) >= 11 is 0. The van der Waals surface area contributed by atoms with Crippen molar-refractivity contribution in [1.29, 1.82) is 0 Å². The molecule has 5 heteroatoms. The number of fused-ring (bicyclic) bond motifs is 5. The Bertz CT molecular complexity index is 1490. The predicted molar refractivity (Wildman–Crippen MR) is 168 cm³/mol. The second-order valence-electron chi connectivity index (χ2n) is 13.9. The third-order valence-electron chi connectivity index (χ3n) is 11.5. The summed E-state index contributed by atoms with van der Waals surface area (Å²) in [5, 5.41) is 15.6. The molecule has 8 rings (SSSR count). The fourth-order valence-corrected chi connectivity index (χ4v) is 9.98. The standard InChI is InChI=1S/C36H46N4O/c41-36-18-10-4-1-2-5-11-20-39-22-17-30(35(25-39)23-26-13-7-3-6-12-21-40(26)34(35)36)29(24-36)32-33-28(16-19-37-32)27-14-8-9-15-31(27)38-33/h1,4,8-9,14-16,19,24,26,30,34,38,41H,2-3,5-7,10-13,17-18,20-23,25H2/b4-1-/t26-,30-,34+,35-,36-/m0/s1. The van der Waals surface area contributed by atoms with E-state index in [2.05, 4.69) is 63.3 Å². The lowest BCUT2D eigenvalue weighted by atomic mass is 9.54. The van der Waals surface area contributed by atoms with Crippen LogP contribution in [-0.2, 0) is 0 Å². The van der Waals surface area contributed by atoms with E-state index < -0.39 is 5.60 Å². The molecule has 1 aliphatic carbocycles. The minimum atomic E-state index is -0.864. The number of aliphatic hydroxyl groups is 1. The maximum Gasteiger partial charge on any atom is 0.0997 e. The molecule has 5 aliphatic rings. The van der Waals surface area contributed by atoms with Crippen LogP contribution in [0.2, 0.25) is 0 Å². The zero-order valence-electron chi connectivity index (χ0n) is 24.5. The number of nitrogens with one attached hydrogen (secondary N) is 1. The van der Waals surface area contributed by atoms with E-state index in [1.807, 2.05) is 6.20 Å². The number of H-pyrrole nitrogens is 1. The van der Waals surface area contributed by atoms with E-state index in [4.69, 9.17) is 4.98 Å². The second kappa shape index (κ2) is 10.4. The Balaban J connectivity index is 1.34. The number of hydrogen-bond donors (Lipinski definition) is 2. The monoisotopic (exact) mass is 550 g/mol. The lowest BCUT2D eigenvalue weighted by molar-refractivity contribution is -0.0909. The summed E-state index contributed by atoms with van der Waals surface area (Å²) in [5.41, 5.74) is 3.89. The van der Waals surface area contributed by atoms with Crippen molar-refractivity contribution in [2.45, 2.75) is 94.7 Å². The molecule has 1 aromatic carbocycles. The third-order valence-corrected chi connectivity index (χ3v) is 11.5. The summed E-state index contributed by atoms with van der Waals surface area (Å²) in [5.74, 6) is 0.419. The normalized spacial score (nSPS) is 37.2. The van der Waals surface area contributed by atoms with Crippen LogP contribution in [0, 0.1) is 11.3 Å². The highest BCUT2D eigenvalue weighted by Crippen LogP contribution is 2.62. The molecule has 2 N–H and O–H groups in total. The molecular formula is C36H46N4O. The zero-order valence-corrected chi connectivity index (χ0v) is 24.5. The van der Waals surface area contributed by atoms with Crippen LogP contribution >= 0.6 is 0 Å². The van der Waals surface area contributed by atoms with Crippen LogP contribution in [0.3, 0.4) is 0 Å². The topological polar surface area (TPSA) is 55.4 Å². The van der Waals surface area contributed by atoms with Gasteiger partial charge in [-0.15, -0.1) is 0 Å². The Morgan fingerprint density at radius 1 is 0.878 bits per heavy atom. The Hall–Kier alpha value is -2.47. The van der Waals surface area contributed by atoms with Gasteiger partial charge < -0.3 is 15.0 Å². The number of nitrogens with zero attached hydrogens (tertiary/aromatic N) is 3. The molecule has 6 atom stereocenters. The van der Waals surface area contributed by atoms with E-state index >= 15 is 0 Å². The van der Waals surface area contributed by atoms with E-state index in [0.717, 1.165) is 56.5 Å². The fraction of sp³-hybridized carbons (Fsp3) is 0.583. The van der Waals surface area contributed by atoms with E-state index in [1.54, 1.807) is 0 Å². The minimum Gasteiger partial charge on any atom is -0.384 e. The van der Waals surface area contributed by atoms with Gasteiger partial charge in [0.1, 0.15) is 0 Å². The van der Waals surface area contributed by atoms with Crippen LogP contribution in [0.25, 0.3) is 27.4 Å². The molecule has 4 aliphatic heterocycles. The molecule has 3 fully saturated rings. The molecule has 1 spiro atoms. The first-order valence-electron chi connectivity index (χ1n) is 16.6. The number of para-hydroxylation sites is 1. The van der Waals surface area contributed by atoms with Gasteiger partial charge >= 0.3 is 0 Å². The largest absolute Gasteiger partial charge is 0.384 e. The van der Waals surface area contributed by atoms with Gasteiger partial charge in [0, 0.05) is 46.5 Å². The highest BCUT2D eigenvalue weighted by atomic mass is 16.3. The van der Waals surface area contributed by atoms with Crippen LogP contribution in [0.15, 0.2) is 54.8 Å². The first-order chi connectivity index (χ1) is 20.2. The predicted octanol–water partition coefficient (Wildman–Crippen LogP) is 7.08. The molecule has 5 nitrogen and oxygen atoms in total. The maximum absolute atomic E-state index is 13.1. The van der Waals surface area contributed by atoms with Crippen molar-refractivity contribution in [3.8, 4) is 0 Å². The van der Waals surface area contributed by atoms with Crippen LogP contribution in [0.4, 0.5) is 0 Å².